The zero-order chi connectivity index (χ0) is 13.1. The maximum Gasteiger partial charge on any atom is 0.248 e. The van der Waals surface area contributed by atoms with Crippen LogP contribution in [-0.2, 0) is 0 Å². The van der Waals surface area contributed by atoms with Crippen LogP contribution in [0.1, 0.15) is 18.1 Å². The molecule has 0 fully saturated rings. The molecule has 1 aromatic heterocycles. The second-order valence-corrected chi connectivity index (χ2v) is 4.21. The third kappa shape index (κ3) is 2.59. The van der Waals surface area contributed by atoms with Crippen molar-refractivity contribution >= 4 is 10.8 Å². The van der Waals surface area contributed by atoms with E-state index in [9.17, 15) is 15.0 Å². The van der Waals surface area contributed by atoms with Gasteiger partial charge in [-0.1, -0.05) is 12.1 Å². The lowest BCUT2D eigenvalue weighted by Crippen LogP contribution is -2.19. The number of H-pyrrole nitrogens is 1. The van der Waals surface area contributed by atoms with Crippen molar-refractivity contribution in [2.24, 2.45) is 0 Å². The number of hydrogen-bond acceptors (Lipinski definition) is 4. The number of aromatic amines is 1. The Morgan fingerprint density at radius 3 is 2.67 bits per heavy atom. The van der Waals surface area contributed by atoms with Gasteiger partial charge in [-0.05, 0) is 28.8 Å². The van der Waals surface area contributed by atoms with Crippen LogP contribution >= 0.6 is 0 Å². The molecule has 0 saturated heterocycles. The van der Waals surface area contributed by atoms with Crippen LogP contribution in [-0.4, -0.2) is 33.0 Å². The van der Waals surface area contributed by atoms with Crippen LogP contribution in [0.25, 0.3) is 10.8 Å². The van der Waals surface area contributed by atoms with Gasteiger partial charge in [0.05, 0.1) is 6.10 Å². The first-order chi connectivity index (χ1) is 8.61. The summed E-state index contributed by atoms with van der Waals surface area (Å²) in [6, 6.07) is 6.54. The number of rotatable bonds is 4. The zero-order valence-electron chi connectivity index (χ0n) is 9.71. The van der Waals surface area contributed by atoms with E-state index in [1.54, 1.807) is 24.4 Å². The number of fused-ring (bicyclic) bond motifs is 1. The van der Waals surface area contributed by atoms with Crippen molar-refractivity contribution in [3.8, 4) is 0 Å². The number of hydrogen-bond donors (Lipinski definition) is 4. The molecule has 96 valence electrons. The Morgan fingerprint density at radius 2 is 1.94 bits per heavy atom. The van der Waals surface area contributed by atoms with Crippen molar-refractivity contribution in [2.45, 2.75) is 18.6 Å². The fourth-order valence-corrected chi connectivity index (χ4v) is 1.88. The van der Waals surface area contributed by atoms with Gasteiger partial charge in [-0.3, -0.25) is 4.79 Å². The Labute approximate surface area is 103 Å². The van der Waals surface area contributed by atoms with Crippen LogP contribution in [0.3, 0.4) is 0 Å². The fraction of sp³-hybridized carbons (Fsp3) is 0.308. The van der Waals surface area contributed by atoms with Gasteiger partial charge in [0.15, 0.2) is 0 Å². The average molecular weight is 249 g/mol. The topological polar surface area (TPSA) is 93.6 Å². The van der Waals surface area contributed by atoms with Crippen molar-refractivity contribution in [1.82, 2.24) is 4.98 Å². The quantitative estimate of drug-likeness (QED) is 0.627. The van der Waals surface area contributed by atoms with Gasteiger partial charge in [0.25, 0.3) is 0 Å². The Morgan fingerprint density at radius 1 is 1.17 bits per heavy atom. The van der Waals surface area contributed by atoms with E-state index >= 15 is 0 Å². The number of aliphatic hydroxyl groups is 3. The van der Waals surface area contributed by atoms with Gasteiger partial charge < -0.3 is 20.3 Å². The molecular weight excluding hydrogens is 234 g/mol. The molecule has 2 rings (SSSR count). The third-order valence-electron chi connectivity index (χ3n) is 2.90. The Balaban J connectivity index is 2.37. The maximum absolute atomic E-state index is 11.2. The van der Waals surface area contributed by atoms with E-state index in [1.165, 1.54) is 6.07 Å². The van der Waals surface area contributed by atoms with Crippen LogP contribution in [0.15, 0.2) is 35.3 Å². The first-order valence-electron chi connectivity index (χ1n) is 5.71. The summed E-state index contributed by atoms with van der Waals surface area (Å²) in [6.45, 7) is -0.189. The standard InChI is InChI=1S/C13H15NO4/c15-4-3-11(16)13(18)8-1-2-9-7-14-12(17)6-10(9)5-8/h1-2,5-7,11,13,15-16,18H,3-4H2,(H,14,17). The molecule has 18 heavy (non-hydrogen) atoms. The second-order valence-electron chi connectivity index (χ2n) is 4.21. The fourth-order valence-electron chi connectivity index (χ4n) is 1.88. The molecule has 0 aliphatic rings. The summed E-state index contributed by atoms with van der Waals surface area (Å²) in [5, 5.41) is 29.8. The van der Waals surface area contributed by atoms with Crippen molar-refractivity contribution in [2.75, 3.05) is 6.61 Å². The first-order valence-corrected chi connectivity index (χ1v) is 5.71. The van der Waals surface area contributed by atoms with Crippen LogP contribution < -0.4 is 5.56 Å². The molecule has 5 nitrogen and oxygen atoms in total. The van der Waals surface area contributed by atoms with E-state index in [0.29, 0.717) is 10.9 Å². The van der Waals surface area contributed by atoms with Gasteiger partial charge in [-0.2, -0.15) is 0 Å². The van der Waals surface area contributed by atoms with Crippen molar-refractivity contribution in [3.05, 3.63) is 46.4 Å². The summed E-state index contributed by atoms with van der Waals surface area (Å²) in [5.74, 6) is 0. The van der Waals surface area contributed by atoms with Crippen molar-refractivity contribution in [3.63, 3.8) is 0 Å². The third-order valence-corrected chi connectivity index (χ3v) is 2.90. The largest absolute Gasteiger partial charge is 0.396 e. The minimum absolute atomic E-state index is 0.106. The predicted octanol–water partition coefficient (Wildman–Crippen LogP) is 0.305. The Kier molecular flexibility index (Phi) is 3.76. The highest BCUT2D eigenvalue weighted by atomic mass is 16.3. The first kappa shape index (κ1) is 12.8. The second kappa shape index (κ2) is 5.30. The highest BCUT2D eigenvalue weighted by molar-refractivity contribution is 5.82. The SMILES string of the molecule is O=c1cc2cc(C(O)C(O)CCO)ccc2c[nH]1. The molecule has 0 aliphatic carbocycles. The molecule has 0 aliphatic heterocycles. The molecule has 0 radical (unpaired) electrons. The summed E-state index contributed by atoms with van der Waals surface area (Å²) in [7, 11) is 0. The number of aromatic nitrogens is 1. The van der Waals surface area contributed by atoms with Crippen LogP contribution in [0, 0.1) is 0 Å². The normalized spacial score (nSPS) is 14.6. The summed E-state index contributed by atoms with van der Waals surface area (Å²) >= 11 is 0. The molecule has 0 amide bonds. The van der Waals surface area contributed by atoms with Gasteiger partial charge in [0, 0.05) is 18.9 Å². The minimum atomic E-state index is -1.07. The molecule has 1 heterocycles. The summed E-state index contributed by atoms with van der Waals surface area (Å²) in [5.41, 5.74) is 0.305. The van der Waals surface area contributed by atoms with Gasteiger partial charge in [0.2, 0.25) is 5.56 Å². The van der Waals surface area contributed by atoms with Crippen molar-refractivity contribution in [1.29, 1.82) is 0 Å². The maximum atomic E-state index is 11.2. The molecule has 2 aromatic rings. The van der Waals surface area contributed by atoms with Crippen LogP contribution in [0.5, 0.6) is 0 Å². The number of aliphatic hydroxyl groups excluding tert-OH is 3. The zero-order valence-corrected chi connectivity index (χ0v) is 9.71. The Hall–Kier alpha value is -1.69. The molecule has 1 aromatic carbocycles. The number of nitrogens with one attached hydrogen (secondary N) is 1. The molecule has 0 saturated carbocycles. The molecule has 5 heteroatoms. The lowest BCUT2D eigenvalue weighted by molar-refractivity contribution is 0.00429. The summed E-state index contributed by atoms with van der Waals surface area (Å²) in [6.07, 6.45) is -0.387. The molecule has 2 atom stereocenters. The van der Waals surface area contributed by atoms with E-state index in [0.717, 1.165) is 5.39 Å². The molecular formula is C13H15NO4. The lowest BCUT2D eigenvalue weighted by atomic mass is 10.00. The van der Waals surface area contributed by atoms with Crippen molar-refractivity contribution < 1.29 is 15.3 Å². The summed E-state index contributed by atoms with van der Waals surface area (Å²) < 4.78 is 0. The van der Waals surface area contributed by atoms with Gasteiger partial charge in [-0.15, -0.1) is 0 Å². The van der Waals surface area contributed by atoms with E-state index in [-0.39, 0.29) is 18.6 Å². The van der Waals surface area contributed by atoms with Gasteiger partial charge in [0.1, 0.15) is 6.10 Å². The van der Waals surface area contributed by atoms with Crippen LogP contribution in [0.4, 0.5) is 0 Å². The van der Waals surface area contributed by atoms with E-state index in [2.05, 4.69) is 4.98 Å². The summed E-state index contributed by atoms with van der Waals surface area (Å²) in [4.78, 5) is 13.8. The molecule has 0 bridgehead atoms. The Bertz CT molecular complexity index is 593. The minimum Gasteiger partial charge on any atom is -0.396 e. The monoisotopic (exact) mass is 249 g/mol. The predicted molar refractivity (Wildman–Crippen MR) is 67.2 cm³/mol. The van der Waals surface area contributed by atoms with Crippen LogP contribution in [0.2, 0.25) is 0 Å². The van der Waals surface area contributed by atoms with Gasteiger partial charge >= 0.3 is 0 Å². The number of pyridine rings is 1. The average Bonchev–Trinajstić information content (AvgIpc) is 2.37. The van der Waals surface area contributed by atoms with E-state index in [4.69, 9.17) is 5.11 Å². The highest BCUT2D eigenvalue weighted by Crippen LogP contribution is 2.22. The van der Waals surface area contributed by atoms with E-state index in [1.807, 2.05) is 0 Å². The number of benzene rings is 1. The smallest absolute Gasteiger partial charge is 0.248 e. The van der Waals surface area contributed by atoms with E-state index < -0.39 is 12.2 Å². The lowest BCUT2D eigenvalue weighted by Gasteiger charge is -2.17. The highest BCUT2D eigenvalue weighted by Gasteiger charge is 2.17. The van der Waals surface area contributed by atoms with Gasteiger partial charge in [-0.25, -0.2) is 0 Å². The molecule has 4 N–H and O–H groups in total. The molecule has 0 spiro atoms. The molecule has 2 unspecified atom stereocenters.